The summed E-state index contributed by atoms with van der Waals surface area (Å²) in [5, 5.41) is 13.6. The van der Waals surface area contributed by atoms with Crippen molar-refractivity contribution in [2.75, 3.05) is 13.2 Å². The molecule has 1 aliphatic carbocycles. The summed E-state index contributed by atoms with van der Waals surface area (Å²) in [6.45, 7) is 4.16. The fourth-order valence-corrected chi connectivity index (χ4v) is 3.96. The Kier molecular flexibility index (Phi) is 4.35. The van der Waals surface area contributed by atoms with Crippen LogP contribution in [0.4, 0.5) is 0 Å². The van der Waals surface area contributed by atoms with E-state index in [4.69, 9.17) is 9.47 Å². The summed E-state index contributed by atoms with van der Waals surface area (Å²) in [4.78, 5) is 12.2. The second-order valence-electron chi connectivity index (χ2n) is 8.19. The highest BCUT2D eigenvalue weighted by Crippen LogP contribution is 2.41. The number of carbonyl (C=O) groups excluding carboxylic acids is 1. The van der Waals surface area contributed by atoms with Crippen LogP contribution < -0.4 is 14.8 Å². The van der Waals surface area contributed by atoms with Gasteiger partial charge in [-0.2, -0.15) is 0 Å². The predicted octanol–water partition coefficient (Wildman–Crippen LogP) is 2.43. The maximum atomic E-state index is 12.2. The number of rotatable bonds is 5. The SMILES string of the molecule is CC1(C)Cc2cccc(OCC(=O)NCC3(O)Cc4ccccc4C3)c2O1. The molecule has 0 fully saturated rings. The Labute approximate surface area is 159 Å². The van der Waals surface area contributed by atoms with Crippen molar-refractivity contribution < 1.29 is 19.4 Å². The van der Waals surface area contributed by atoms with Gasteiger partial charge >= 0.3 is 0 Å². The number of aliphatic hydroxyl groups is 1. The topological polar surface area (TPSA) is 67.8 Å². The molecular formula is C22H25NO4. The van der Waals surface area contributed by atoms with Crippen LogP contribution in [0.1, 0.15) is 30.5 Å². The Morgan fingerprint density at radius 3 is 2.44 bits per heavy atom. The minimum absolute atomic E-state index is 0.108. The van der Waals surface area contributed by atoms with Crippen LogP contribution in [-0.4, -0.2) is 35.4 Å². The third-order valence-electron chi connectivity index (χ3n) is 5.19. The van der Waals surface area contributed by atoms with Crippen LogP contribution in [0.15, 0.2) is 42.5 Å². The van der Waals surface area contributed by atoms with Crippen molar-refractivity contribution >= 4 is 5.91 Å². The van der Waals surface area contributed by atoms with Crippen molar-refractivity contribution in [3.05, 3.63) is 59.2 Å². The van der Waals surface area contributed by atoms with Crippen LogP contribution >= 0.6 is 0 Å². The number of benzene rings is 2. The van der Waals surface area contributed by atoms with Gasteiger partial charge < -0.3 is 19.9 Å². The Balaban J connectivity index is 1.31. The first-order valence-corrected chi connectivity index (χ1v) is 9.33. The summed E-state index contributed by atoms with van der Waals surface area (Å²) in [7, 11) is 0. The molecule has 0 saturated carbocycles. The second-order valence-corrected chi connectivity index (χ2v) is 8.19. The largest absolute Gasteiger partial charge is 0.483 e. The van der Waals surface area contributed by atoms with E-state index in [1.807, 2.05) is 56.3 Å². The standard InChI is InChI=1S/C22H25NO4/c1-21(2)10-17-8-5-9-18(20(17)27-21)26-13-19(24)23-14-22(25)11-15-6-3-4-7-16(15)12-22/h3-9,25H,10-14H2,1-2H3,(H,23,24). The molecule has 1 aliphatic heterocycles. The highest BCUT2D eigenvalue weighted by atomic mass is 16.5. The molecule has 0 radical (unpaired) electrons. The van der Waals surface area contributed by atoms with Crippen LogP contribution in [0.5, 0.6) is 11.5 Å². The zero-order valence-corrected chi connectivity index (χ0v) is 15.7. The molecule has 5 heteroatoms. The smallest absolute Gasteiger partial charge is 0.258 e. The number of fused-ring (bicyclic) bond motifs is 2. The van der Waals surface area contributed by atoms with Gasteiger partial charge in [0.25, 0.3) is 5.91 Å². The molecule has 0 spiro atoms. The quantitative estimate of drug-likeness (QED) is 0.852. The number of carbonyl (C=O) groups is 1. The molecule has 142 valence electrons. The maximum absolute atomic E-state index is 12.2. The number of ether oxygens (including phenoxy) is 2. The van der Waals surface area contributed by atoms with Gasteiger partial charge in [0.1, 0.15) is 5.60 Å². The third kappa shape index (κ3) is 3.78. The minimum Gasteiger partial charge on any atom is -0.483 e. The molecular weight excluding hydrogens is 342 g/mol. The Morgan fingerprint density at radius 2 is 1.74 bits per heavy atom. The van der Waals surface area contributed by atoms with Gasteiger partial charge in [0.15, 0.2) is 18.1 Å². The minimum atomic E-state index is -0.930. The predicted molar refractivity (Wildman–Crippen MR) is 102 cm³/mol. The molecule has 1 amide bonds. The molecule has 5 nitrogen and oxygen atoms in total. The molecule has 2 aromatic carbocycles. The first kappa shape index (κ1) is 17.9. The van der Waals surface area contributed by atoms with Gasteiger partial charge in [0, 0.05) is 31.4 Å². The van der Waals surface area contributed by atoms with Gasteiger partial charge in [-0.25, -0.2) is 0 Å². The normalized spacial score (nSPS) is 18.3. The van der Waals surface area contributed by atoms with Crippen molar-refractivity contribution in [2.24, 2.45) is 0 Å². The summed E-state index contributed by atoms with van der Waals surface area (Å²) in [6, 6.07) is 13.7. The lowest BCUT2D eigenvalue weighted by Crippen LogP contribution is -2.45. The molecule has 27 heavy (non-hydrogen) atoms. The molecule has 2 aliphatic rings. The summed E-state index contributed by atoms with van der Waals surface area (Å²) < 4.78 is 11.6. The van der Waals surface area contributed by atoms with Crippen molar-refractivity contribution in [3.8, 4) is 11.5 Å². The number of hydrogen-bond acceptors (Lipinski definition) is 4. The molecule has 0 saturated heterocycles. The second kappa shape index (κ2) is 6.57. The van der Waals surface area contributed by atoms with Crippen LogP contribution in [0.2, 0.25) is 0 Å². The molecule has 0 aromatic heterocycles. The average molecular weight is 367 g/mol. The van der Waals surface area contributed by atoms with Gasteiger partial charge in [0.05, 0.1) is 5.60 Å². The first-order chi connectivity index (χ1) is 12.8. The van der Waals surface area contributed by atoms with Crippen molar-refractivity contribution in [1.29, 1.82) is 0 Å². The molecule has 4 rings (SSSR count). The van der Waals surface area contributed by atoms with Gasteiger partial charge in [-0.3, -0.25) is 4.79 Å². The van der Waals surface area contributed by atoms with Crippen molar-refractivity contribution in [1.82, 2.24) is 5.32 Å². The molecule has 0 bridgehead atoms. The zero-order chi connectivity index (χ0) is 19.1. The van der Waals surface area contributed by atoms with E-state index < -0.39 is 5.60 Å². The van der Waals surface area contributed by atoms with E-state index >= 15 is 0 Å². The number of nitrogens with one attached hydrogen (secondary N) is 1. The van der Waals surface area contributed by atoms with Crippen LogP contribution in [0.3, 0.4) is 0 Å². The molecule has 1 heterocycles. The van der Waals surface area contributed by atoms with E-state index in [0.29, 0.717) is 18.6 Å². The summed E-state index contributed by atoms with van der Waals surface area (Å²) in [5.74, 6) is 1.05. The highest BCUT2D eigenvalue weighted by Gasteiger charge is 2.35. The van der Waals surface area contributed by atoms with Gasteiger partial charge in [-0.1, -0.05) is 36.4 Å². The molecule has 0 unspecified atom stereocenters. The van der Waals surface area contributed by atoms with E-state index in [0.717, 1.165) is 28.9 Å². The average Bonchev–Trinajstić information content (AvgIpc) is 3.12. The number of hydrogen-bond donors (Lipinski definition) is 2. The Bertz CT molecular complexity index is 849. The maximum Gasteiger partial charge on any atom is 0.258 e. The monoisotopic (exact) mass is 367 g/mol. The van der Waals surface area contributed by atoms with E-state index in [1.54, 1.807) is 0 Å². The lowest BCUT2D eigenvalue weighted by atomic mass is 10.0. The fraction of sp³-hybridized carbons (Fsp3) is 0.409. The third-order valence-corrected chi connectivity index (χ3v) is 5.19. The first-order valence-electron chi connectivity index (χ1n) is 9.33. The lowest BCUT2D eigenvalue weighted by Gasteiger charge is -2.22. The van der Waals surface area contributed by atoms with E-state index in [-0.39, 0.29) is 24.7 Å². The fourth-order valence-electron chi connectivity index (χ4n) is 3.96. The molecule has 2 N–H and O–H groups in total. The summed E-state index contributed by atoms with van der Waals surface area (Å²) >= 11 is 0. The van der Waals surface area contributed by atoms with E-state index in [2.05, 4.69) is 5.32 Å². The van der Waals surface area contributed by atoms with Gasteiger partial charge in [-0.05, 0) is 31.0 Å². The van der Waals surface area contributed by atoms with Crippen LogP contribution in [-0.2, 0) is 24.1 Å². The van der Waals surface area contributed by atoms with Crippen molar-refractivity contribution in [2.45, 2.75) is 44.3 Å². The van der Waals surface area contributed by atoms with Crippen molar-refractivity contribution in [3.63, 3.8) is 0 Å². The van der Waals surface area contributed by atoms with E-state index in [1.165, 1.54) is 0 Å². The molecule has 2 aromatic rings. The lowest BCUT2D eigenvalue weighted by molar-refractivity contribution is -0.124. The van der Waals surface area contributed by atoms with Gasteiger partial charge in [0.2, 0.25) is 0 Å². The van der Waals surface area contributed by atoms with Crippen LogP contribution in [0, 0.1) is 0 Å². The summed E-state index contributed by atoms with van der Waals surface area (Å²) in [5.41, 5.74) is 2.19. The Hall–Kier alpha value is -2.53. The number of amides is 1. The highest BCUT2D eigenvalue weighted by molar-refractivity contribution is 5.77. The summed E-state index contributed by atoms with van der Waals surface area (Å²) in [6.07, 6.45) is 1.93. The molecule has 0 atom stereocenters. The van der Waals surface area contributed by atoms with Crippen LogP contribution in [0.25, 0.3) is 0 Å². The number of para-hydroxylation sites is 1. The van der Waals surface area contributed by atoms with Gasteiger partial charge in [-0.15, -0.1) is 0 Å². The Morgan fingerprint density at radius 1 is 1.07 bits per heavy atom. The zero-order valence-electron chi connectivity index (χ0n) is 15.7. The van der Waals surface area contributed by atoms with E-state index in [9.17, 15) is 9.90 Å².